The zero-order chi connectivity index (χ0) is 29.8. The maximum Gasteiger partial charge on any atom is 0.267 e. The minimum absolute atomic E-state index is 0.116. The van der Waals surface area contributed by atoms with Gasteiger partial charge >= 0.3 is 0 Å². The highest BCUT2D eigenvalue weighted by Crippen LogP contribution is 2.27. The number of carbonyl (C=O) groups is 3. The van der Waals surface area contributed by atoms with E-state index in [1.54, 1.807) is 37.5 Å². The first-order valence-electron chi connectivity index (χ1n) is 13.1. The van der Waals surface area contributed by atoms with Gasteiger partial charge in [-0.05, 0) is 74.9 Å². The van der Waals surface area contributed by atoms with Crippen LogP contribution in [0.2, 0.25) is 0 Å². The van der Waals surface area contributed by atoms with E-state index >= 15 is 0 Å². The second kappa shape index (κ2) is 12.0. The molecule has 0 bridgehead atoms. The summed E-state index contributed by atoms with van der Waals surface area (Å²) in [4.78, 5) is 56.6. The zero-order valence-corrected chi connectivity index (χ0v) is 23.3. The standard InChI is InChI=1S/C30H31FN6O4/c1-6-24-35-28-27(17(4)18(5)36(28)16-26(39)33-21-12-10-20(31)11-13-21)30(41)37(24)23-14-9-19(29(40)32-8-3)15-22(23)34-25(38)7-2/h7,9-15H,2,6,8,16H2,1,3-5H3,(H,32,40)(H,33,39)(H,34,38). The molecule has 0 aliphatic carbocycles. The predicted molar refractivity (Wildman–Crippen MR) is 156 cm³/mol. The number of aromatic nitrogens is 3. The van der Waals surface area contributed by atoms with E-state index < -0.39 is 11.7 Å². The Morgan fingerprint density at radius 2 is 1.76 bits per heavy atom. The molecule has 2 aromatic carbocycles. The summed E-state index contributed by atoms with van der Waals surface area (Å²) in [6, 6.07) is 10.1. The average molecular weight is 559 g/mol. The molecule has 3 amide bonds. The molecule has 0 saturated heterocycles. The van der Waals surface area contributed by atoms with Gasteiger partial charge in [0, 0.05) is 29.9 Å². The monoisotopic (exact) mass is 558 g/mol. The normalized spacial score (nSPS) is 10.9. The second-order valence-corrected chi connectivity index (χ2v) is 9.36. The average Bonchev–Trinajstić information content (AvgIpc) is 3.19. The van der Waals surface area contributed by atoms with Crippen molar-refractivity contribution in [1.29, 1.82) is 0 Å². The van der Waals surface area contributed by atoms with Crippen LogP contribution in [0.1, 0.15) is 41.3 Å². The fourth-order valence-corrected chi connectivity index (χ4v) is 4.59. The number of anilines is 2. The minimum Gasteiger partial charge on any atom is -0.352 e. The van der Waals surface area contributed by atoms with Crippen LogP contribution in [0.4, 0.5) is 15.8 Å². The molecule has 0 atom stereocenters. The molecule has 4 aromatic rings. The highest BCUT2D eigenvalue weighted by atomic mass is 19.1. The Balaban J connectivity index is 1.85. The van der Waals surface area contributed by atoms with Crippen LogP contribution in [-0.2, 0) is 22.6 Å². The number of carbonyl (C=O) groups excluding carboxylic acids is 3. The molecule has 0 radical (unpaired) electrons. The third-order valence-corrected chi connectivity index (χ3v) is 6.74. The van der Waals surface area contributed by atoms with E-state index in [1.165, 1.54) is 34.9 Å². The maximum absolute atomic E-state index is 14.1. The molecule has 0 fully saturated rings. The number of amides is 3. The van der Waals surface area contributed by atoms with Crippen LogP contribution < -0.4 is 21.5 Å². The van der Waals surface area contributed by atoms with Crippen molar-refractivity contribution in [1.82, 2.24) is 19.4 Å². The summed E-state index contributed by atoms with van der Waals surface area (Å²) in [5.74, 6) is -1.22. The molecule has 0 aliphatic rings. The molecule has 0 spiro atoms. The van der Waals surface area contributed by atoms with Crippen LogP contribution in [0, 0.1) is 19.7 Å². The summed E-state index contributed by atoms with van der Waals surface area (Å²) in [7, 11) is 0. The van der Waals surface area contributed by atoms with E-state index in [0.717, 1.165) is 6.08 Å². The Bertz CT molecular complexity index is 1740. The molecule has 41 heavy (non-hydrogen) atoms. The Labute approximate surface area is 235 Å². The molecule has 10 nitrogen and oxygen atoms in total. The van der Waals surface area contributed by atoms with E-state index in [1.807, 2.05) is 6.92 Å². The molecule has 212 valence electrons. The molecule has 2 aromatic heterocycles. The van der Waals surface area contributed by atoms with E-state index in [4.69, 9.17) is 4.98 Å². The Morgan fingerprint density at radius 1 is 1.05 bits per heavy atom. The Morgan fingerprint density at radius 3 is 2.39 bits per heavy atom. The Hall–Kier alpha value is -5.06. The number of hydrogen-bond acceptors (Lipinski definition) is 5. The summed E-state index contributed by atoms with van der Waals surface area (Å²) >= 11 is 0. The van der Waals surface area contributed by atoms with Gasteiger partial charge in [0.2, 0.25) is 11.8 Å². The van der Waals surface area contributed by atoms with Crippen LogP contribution in [0.15, 0.2) is 59.9 Å². The lowest BCUT2D eigenvalue weighted by Crippen LogP contribution is -2.27. The van der Waals surface area contributed by atoms with E-state index in [-0.39, 0.29) is 29.6 Å². The van der Waals surface area contributed by atoms with Gasteiger partial charge < -0.3 is 20.5 Å². The third kappa shape index (κ3) is 5.79. The van der Waals surface area contributed by atoms with Gasteiger partial charge in [-0.1, -0.05) is 13.5 Å². The first kappa shape index (κ1) is 28.9. The summed E-state index contributed by atoms with van der Waals surface area (Å²) < 4.78 is 16.3. The summed E-state index contributed by atoms with van der Waals surface area (Å²) in [6.45, 7) is 11.0. The Kier molecular flexibility index (Phi) is 8.46. The highest BCUT2D eigenvalue weighted by molar-refractivity contribution is 6.02. The first-order chi connectivity index (χ1) is 19.6. The smallest absolute Gasteiger partial charge is 0.267 e. The lowest BCUT2D eigenvalue weighted by molar-refractivity contribution is -0.116. The summed E-state index contributed by atoms with van der Waals surface area (Å²) in [5, 5.41) is 8.48. The zero-order valence-electron chi connectivity index (χ0n) is 23.3. The van der Waals surface area contributed by atoms with Gasteiger partial charge in [-0.15, -0.1) is 0 Å². The minimum atomic E-state index is -0.509. The molecule has 4 rings (SSSR count). The van der Waals surface area contributed by atoms with Crippen molar-refractivity contribution in [3.63, 3.8) is 0 Å². The second-order valence-electron chi connectivity index (χ2n) is 9.36. The van der Waals surface area contributed by atoms with Crippen molar-refractivity contribution in [2.45, 2.75) is 40.7 Å². The summed E-state index contributed by atoms with van der Waals surface area (Å²) in [6.07, 6.45) is 1.45. The van der Waals surface area contributed by atoms with E-state index in [2.05, 4.69) is 22.5 Å². The number of aryl methyl sites for hydroxylation is 2. The van der Waals surface area contributed by atoms with Crippen LogP contribution >= 0.6 is 0 Å². The van der Waals surface area contributed by atoms with Gasteiger partial charge in [0.25, 0.3) is 11.5 Å². The topological polar surface area (TPSA) is 127 Å². The van der Waals surface area contributed by atoms with Gasteiger partial charge in [-0.3, -0.25) is 23.7 Å². The molecule has 0 saturated carbocycles. The molecular weight excluding hydrogens is 527 g/mol. The van der Waals surface area contributed by atoms with Crippen molar-refractivity contribution < 1.29 is 18.8 Å². The van der Waals surface area contributed by atoms with Crippen LogP contribution in [0.5, 0.6) is 0 Å². The van der Waals surface area contributed by atoms with Gasteiger partial charge in [0.1, 0.15) is 23.8 Å². The fourth-order valence-electron chi connectivity index (χ4n) is 4.59. The number of halogens is 1. The van der Waals surface area contributed by atoms with Crippen LogP contribution in [0.3, 0.4) is 0 Å². The number of rotatable bonds is 9. The van der Waals surface area contributed by atoms with Crippen molar-refractivity contribution in [2.75, 3.05) is 17.2 Å². The quantitative estimate of drug-likeness (QED) is 0.268. The lowest BCUT2D eigenvalue weighted by atomic mass is 10.1. The lowest BCUT2D eigenvalue weighted by Gasteiger charge is -2.17. The number of hydrogen-bond donors (Lipinski definition) is 3. The van der Waals surface area contributed by atoms with Gasteiger partial charge in [0.05, 0.1) is 16.8 Å². The fraction of sp³-hybridized carbons (Fsp3) is 0.233. The number of fused-ring (bicyclic) bond motifs is 1. The van der Waals surface area contributed by atoms with Gasteiger partial charge in [-0.25, -0.2) is 9.37 Å². The predicted octanol–water partition coefficient (Wildman–Crippen LogP) is 4.02. The molecule has 0 aliphatic heterocycles. The first-order valence-corrected chi connectivity index (χ1v) is 13.1. The molecule has 2 heterocycles. The van der Waals surface area contributed by atoms with Crippen molar-refractivity contribution >= 4 is 40.1 Å². The van der Waals surface area contributed by atoms with E-state index in [0.29, 0.717) is 58.0 Å². The number of benzene rings is 2. The van der Waals surface area contributed by atoms with Crippen molar-refractivity contribution in [3.05, 3.63) is 93.9 Å². The molecular formula is C30H31FN6O4. The largest absolute Gasteiger partial charge is 0.352 e. The number of nitrogens with zero attached hydrogens (tertiary/aromatic N) is 3. The van der Waals surface area contributed by atoms with Gasteiger partial charge in [0.15, 0.2) is 0 Å². The highest BCUT2D eigenvalue weighted by Gasteiger charge is 2.23. The maximum atomic E-state index is 14.1. The van der Waals surface area contributed by atoms with Crippen LogP contribution in [0.25, 0.3) is 16.7 Å². The van der Waals surface area contributed by atoms with Gasteiger partial charge in [-0.2, -0.15) is 0 Å². The molecule has 3 N–H and O–H groups in total. The van der Waals surface area contributed by atoms with Crippen LogP contribution in [-0.4, -0.2) is 38.4 Å². The van der Waals surface area contributed by atoms with Crippen molar-refractivity contribution in [2.24, 2.45) is 0 Å². The number of nitrogens with one attached hydrogen (secondary N) is 3. The molecule has 0 unspecified atom stereocenters. The third-order valence-electron chi connectivity index (χ3n) is 6.74. The van der Waals surface area contributed by atoms with E-state index in [9.17, 15) is 23.6 Å². The van der Waals surface area contributed by atoms with Crippen molar-refractivity contribution in [3.8, 4) is 5.69 Å². The SMILES string of the molecule is C=CC(=O)Nc1cc(C(=O)NCC)ccc1-n1c(CC)nc2c(c(C)c(C)n2CC(=O)Nc2ccc(F)cc2)c1=O. The summed E-state index contributed by atoms with van der Waals surface area (Å²) in [5.41, 5.74) is 2.63. The molecule has 11 heteroatoms.